The smallest absolute Gasteiger partial charge is 0.253 e. The van der Waals surface area contributed by atoms with E-state index in [2.05, 4.69) is 19.2 Å². The number of aryl methyl sites for hydroxylation is 1. The van der Waals surface area contributed by atoms with Crippen LogP contribution < -0.4 is 5.32 Å². The summed E-state index contributed by atoms with van der Waals surface area (Å²) in [5.74, 6) is 0.411. The predicted octanol–water partition coefficient (Wildman–Crippen LogP) is 3.95. The molecule has 1 amide bonds. The number of carbonyl (C=O) groups excluding carboxylic acids is 2. The fourth-order valence-corrected chi connectivity index (χ4v) is 4.43. The number of nitrogens with zero attached hydrogens (tertiary/aromatic N) is 1. The molecule has 0 atom stereocenters. The second-order valence-electron chi connectivity index (χ2n) is 8.09. The summed E-state index contributed by atoms with van der Waals surface area (Å²) in [4.78, 5) is 30.4. The van der Waals surface area contributed by atoms with Gasteiger partial charge in [-0.15, -0.1) is 0 Å². The molecule has 0 unspecified atom stereocenters. The Morgan fingerprint density at radius 2 is 1.92 bits per heavy atom. The van der Waals surface area contributed by atoms with Crippen molar-refractivity contribution in [3.05, 3.63) is 28.1 Å². The summed E-state index contributed by atoms with van der Waals surface area (Å²) in [5, 5.41) is 2.91. The minimum absolute atomic E-state index is 0.0519. The van der Waals surface area contributed by atoms with Crippen LogP contribution in [0.3, 0.4) is 0 Å². The number of carbonyl (C=O) groups is 2. The van der Waals surface area contributed by atoms with Crippen molar-refractivity contribution in [2.45, 2.75) is 72.1 Å². The lowest BCUT2D eigenvalue weighted by Crippen LogP contribution is -2.33. The molecule has 4 nitrogen and oxygen atoms in total. The number of hydrogen-bond acceptors (Lipinski definition) is 3. The van der Waals surface area contributed by atoms with Crippen molar-refractivity contribution in [3.63, 3.8) is 0 Å². The number of amides is 1. The van der Waals surface area contributed by atoms with E-state index in [-0.39, 0.29) is 17.1 Å². The van der Waals surface area contributed by atoms with Crippen LogP contribution in [0.25, 0.3) is 0 Å². The molecule has 1 saturated carbocycles. The Morgan fingerprint density at radius 1 is 1.25 bits per heavy atom. The van der Waals surface area contributed by atoms with Crippen LogP contribution in [0.15, 0.2) is 0 Å². The van der Waals surface area contributed by atoms with Gasteiger partial charge in [0.1, 0.15) is 0 Å². The van der Waals surface area contributed by atoms with Gasteiger partial charge in [-0.25, -0.2) is 0 Å². The highest BCUT2D eigenvalue weighted by Crippen LogP contribution is 2.43. The summed E-state index contributed by atoms with van der Waals surface area (Å²) in [6.45, 7) is 8.66. The van der Waals surface area contributed by atoms with Gasteiger partial charge in [0, 0.05) is 18.5 Å². The number of fused-ring (bicyclic) bond motifs is 1. The molecule has 0 aromatic carbocycles. The van der Waals surface area contributed by atoms with Gasteiger partial charge in [-0.2, -0.15) is 0 Å². The normalized spacial score (nSPS) is 20.1. The summed E-state index contributed by atoms with van der Waals surface area (Å²) in [6, 6.07) is 0. The monoisotopic (exact) mass is 328 g/mol. The van der Waals surface area contributed by atoms with E-state index < -0.39 is 0 Å². The highest BCUT2D eigenvalue weighted by Gasteiger charge is 2.38. The van der Waals surface area contributed by atoms with Crippen LogP contribution in [0.4, 0.5) is 0 Å². The SMILES string of the molecule is CCNC(=O)c1c(C)nc2c(c1C1CCCC1)C(=O)CC(C)(C)C2. The van der Waals surface area contributed by atoms with E-state index in [9.17, 15) is 9.59 Å². The molecule has 0 spiro atoms. The number of aromatic nitrogens is 1. The maximum Gasteiger partial charge on any atom is 0.253 e. The molecule has 1 aromatic heterocycles. The van der Waals surface area contributed by atoms with Crippen molar-refractivity contribution in [3.8, 4) is 0 Å². The Hall–Kier alpha value is -1.71. The first-order valence-corrected chi connectivity index (χ1v) is 9.19. The molecule has 1 N–H and O–H groups in total. The quantitative estimate of drug-likeness (QED) is 0.914. The zero-order chi connectivity index (χ0) is 17.5. The van der Waals surface area contributed by atoms with Crippen LogP contribution in [0.1, 0.15) is 96.5 Å². The summed E-state index contributed by atoms with van der Waals surface area (Å²) in [7, 11) is 0. The van der Waals surface area contributed by atoms with E-state index >= 15 is 0 Å². The zero-order valence-corrected chi connectivity index (χ0v) is 15.3. The van der Waals surface area contributed by atoms with Gasteiger partial charge in [0.25, 0.3) is 5.91 Å². The van der Waals surface area contributed by atoms with Gasteiger partial charge < -0.3 is 5.32 Å². The molecule has 4 heteroatoms. The van der Waals surface area contributed by atoms with Crippen LogP contribution in [-0.2, 0) is 6.42 Å². The first-order valence-electron chi connectivity index (χ1n) is 9.19. The number of Topliss-reactive ketones (excluding diaryl/α,β-unsaturated/α-hetero) is 1. The summed E-state index contributed by atoms with van der Waals surface area (Å²) in [5.41, 5.74) is 4.06. The molecule has 3 rings (SSSR count). The van der Waals surface area contributed by atoms with Crippen LogP contribution in [0.2, 0.25) is 0 Å². The molecule has 0 saturated heterocycles. The van der Waals surface area contributed by atoms with Gasteiger partial charge in [-0.3, -0.25) is 14.6 Å². The van der Waals surface area contributed by atoms with Crippen molar-refractivity contribution in [2.24, 2.45) is 5.41 Å². The van der Waals surface area contributed by atoms with E-state index in [0.717, 1.165) is 41.8 Å². The third-order valence-electron chi connectivity index (χ3n) is 5.38. The van der Waals surface area contributed by atoms with Crippen molar-refractivity contribution in [1.82, 2.24) is 10.3 Å². The minimum Gasteiger partial charge on any atom is -0.352 e. The number of pyridine rings is 1. The molecule has 1 fully saturated rings. The lowest BCUT2D eigenvalue weighted by Gasteiger charge is -2.33. The molecular formula is C20H28N2O2. The Morgan fingerprint density at radius 3 is 2.54 bits per heavy atom. The molecular weight excluding hydrogens is 300 g/mol. The number of rotatable bonds is 3. The molecule has 1 aromatic rings. The molecule has 0 bridgehead atoms. The second kappa shape index (κ2) is 6.30. The largest absolute Gasteiger partial charge is 0.352 e. The Labute approximate surface area is 144 Å². The van der Waals surface area contributed by atoms with Gasteiger partial charge in [-0.05, 0) is 50.0 Å². The molecule has 0 aliphatic heterocycles. The van der Waals surface area contributed by atoms with E-state index in [1.165, 1.54) is 12.8 Å². The van der Waals surface area contributed by atoms with Gasteiger partial charge in [0.2, 0.25) is 0 Å². The first-order chi connectivity index (χ1) is 11.3. The highest BCUT2D eigenvalue weighted by molar-refractivity contribution is 6.05. The Balaban J connectivity index is 2.22. The van der Waals surface area contributed by atoms with Crippen molar-refractivity contribution in [2.75, 3.05) is 6.54 Å². The van der Waals surface area contributed by atoms with E-state index in [1.807, 2.05) is 13.8 Å². The second-order valence-corrected chi connectivity index (χ2v) is 8.09. The van der Waals surface area contributed by atoms with E-state index in [1.54, 1.807) is 0 Å². The lowest BCUT2D eigenvalue weighted by molar-refractivity contribution is 0.0908. The maximum absolute atomic E-state index is 13.0. The third-order valence-corrected chi connectivity index (χ3v) is 5.38. The maximum atomic E-state index is 13.0. The van der Waals surface area contributed by atoms with Crippen LogP contribution in [0, 0.1) is 12.3 Å². The van der Waals surface area contributed by atoms with E-state index in [4.69, 9.17) is 4.98 Å². The molecule has 2 aliphatic rings. The highest BCUT2D eigenvalue weighted by atomic mass is 16.1. The molecule has 24 heavy (non-hydrogen) atoms. The van der Waals surface area contributed by atoms with Crippen LogP contribution in [0.5, 0.6) is 0 Å². The number of hydrogen-bond donors (Lipinski definition) is 1. The lowest BCUT2D eigenvalue weighted by atomic mass is 9.72. The molecule has 0 radical (unpaired) electrons. The molecule has 130 valence electrons. The van der Waals surface area contributed by atoms with Gasteiger partial charge >= 0.3 is 0 Å². The number of nitrogens with one attached hydrogen (secondary N) is 1. The third kappa shape index (κ3) is 2.99. The van der Waals surface area contributed by atoms with Gasteiger partial charge in [0.15, 0.2) is 5.78 Å². The minimum atomic E-state index is -0.0789. The topological polar surface area (TPSA) is 59.1 Å². The van der Waals surface area contributed by atoms with Crippen molar-refractivity contribution < 1.29 is 9.59 Å². The molecule has 1 heterocycles. The Kier molecular flexibility index (Phi) is 4.50. The fraction of sp³-hybridized carbons (Fsp3) is 0.650. The van der Waals surface area contributed by atoms with Crippen LogP contribution in [-0.4, -0.2) is 23.2 Å². The Bertz CT molecular complexity index is 685. The summed E-state index contributed by atoms with van der Waals surface area (Å²) < 4.78 is 0. The average Bonchev–Trinajstić information content (AvgIpc) is 2.98. The van der Waals surface area contributed by atoms with Gasteiger partial charge in [0.05, 0.1) is 17.0 Å². The standard InChI is InChI=1S/C20H28N2O2/c1-5-21-19(24)16-12(2)22-14-10-20(3,4)11-15(23)18(14)17(16)13-8-6-7-9-13/h13H,5-11H2,1-4H3,(H,21,24). The van der Waals surface area contributed by atoms with E-state index in [0.29, 0.717) is 24.4 Å². The zero-order valence-electron chi connectivity index (χ0n) is 15.3. The first kappa shape index (κ1) is 17.1. The number of ketones is 1. The fourth-order valence-electron chi connectivity index (χ4n) is 4.43. The van der Waals surface area contributed by atoms with Gasteiger partial charge in [-0.1, -0.05) is 26.7 Å². The van der Waals surface area contributed by atoms with Crippen molar-refractivity contribution >= 4 is 11.7 Å². The predicted molar refractivity (Wildman–Crippen MR) is 94.6 cm³/mol. The average molecular weight is 328 g/mol. The summed E-state index contributed by atoms with van der Waals surface area (Å²) >= 11 is 0. The van der Waals surface area contributed by atoms with Crippen LogP contribution >= 0.6 is 0 Å². The molecule has 2 aliphatic carbocycles. The summed E-state index contributed by atoms with van der Waals surface area (Å²) in [6.07, 6.45) is 5.84. The van der Waals surface area contributed by atoms with Crippen molar-refractivity contribution in [1.29, 1.82) is 0 Å².